The summed E-state index contributed by atoms with van der Waals surface area (Å²) >= 11 is 0. The van der Waals surface area contributed by atoms with E-state index >= 15 is 0 Å². The van der Waals surface area contributed by atoms with Gasteiger partial charge in [0.2, 0.25) is 0 Å². The Bertz CT molecular complexity index is 1240. The topological polar surface area (TPSA) is 74.4 Å². The van der Waals surface area contributed by atoms with Gasteiger partial charge in [-0.1, -0.05) is 6.07 Å². The minimum absolute atomic E-state index is 0.0264. The maximum absolute atomic E-state index is 13.0. The Morgan fingerprint density at radius 2 is 1.97 bits per heavy atom. The number of ketones is 1. The van der Waals surface area contributed by atoms with E-state index < -0.39 is 17.3 Å². The fraction of sp³-hybridized carbons (Fsp3) is 0.304. The van der Waals surface area contributed by atoms with Crippen LogP contribution in [0.25, 0.3) is 10.9 Å². The number of hydrogen-bond donors (Lipinski definition) is 2. The minimum Gasteiger partial charge on any atom is -0.482 e. The number of amides is 2. The van der Waals surface area contributed by atoms with Gasteiger partial charge in [-0.3, -0.25) is 4.79 Å². The van der Waals surface area contributed by atoms with Crippen molar-refractivity contribution in [2.75, 3.05) is 13.1 Å². The number of aromatic amines is 1. The van der Waals surface area contributed by atoms with E-state index in [0.717, 1.165) is 40.4 Å². The third kappa shape index (κ3) is 3.57. The van der Waals surface area contributed by atoms with E-state index in [-0.39, 0.29) is 42.6 Å². The molecule has 2 aromatic carbocycles. The molecule has 5 rings (SSSR count). The van der Waals surface area contributed by atoms with Gasteiger partial charge in [-0.2, -0.15) is 13.2 Å². The molecule has 0 bridgehead atoms. The highest BCUT2D eigenvalue weighted by Crippen LogP contribution is 2.41. The summed E-state index contributed by atoms with van der Waals surface area (Å²) in [4.78, 5) is 29.7. The van der Waals surface area contributed by atoms with Crippen LogP contribution in [0.5, 0.6) is 5.75 Å². The predicted octanol–water partition coefficient (Wildman–Crippen LogP) is 4.42. The van der Waals surface area contributed by atoms with Gasteiger partial charge in [-0.05, 0) is 54.3 Å². The molecule has 3 aromatic rings. The van der Waals surface area contributed by atoms with Crippen molar-refractivity contribution in [3.63, 3.8) is 0 Å². The van der Waals surface area contributed by atoms with Crippen molar-refractivity contribution in [3.8, 4) is 5.75 Å². The number of nitrogens with one attached hydrogen (secondary N) is 2. The highest BCUT2D eigenvalue weighted by molar-refractivity contribution is 6.00. The molecule has 166 valence electrons. The van der Waals surface area contributed by atoms with Gasteiger partial charge in [0.25, 0.3) is 0 Å². The molecule has 0 atom stereocenters. The smallest absolute Gasteiger partial charge is 0.416 e. The third-order valence-electron chi connectivity index (χ3n) is 5.93. The molecule has 1 fully saturated rings. The zero-order valence-electron chi connectivity index (χ0n) is 17.2. The third-order valence-corrected chi connectivity index (χ3v) is 5.93. The number of fused-ring (bicyclic) bond motifs is 2. The standard InChI is InChI=1S/C23H20F3N3O3/c1-13-6-15-7-14(2-5-18(15)28-13)10-27-21(31)29-11-22(12-29)9-19(30)17-4-3-16(23(24,25)26)8-20(17)32-22/h2-8,28H,9-12H2,1H3,(H,27,31). The van der Waals surface area contributed by atoms with Gasteiger partial charge in [0.05, 0.1) is 30.6 Å². The molecule has 6 nitrogen and oxygen atoms in total. The second-order valence-electron chi connectivity index (χ2n) is 8.48. The van der Waals surface area contributed by atoms with Crippen molar-refractivity contribution in [3.05, 3.63) is 64.8 Å². The summed E-state index contributed by atoms with van der Waals surface area (Å²) in [6, 6.07) is 10.5. The fourth-order valence-electron chi connectivity index (χ4n) is 4.37. The van der Waals surface area contributed by atoms with Crippen LogP contribution in [-0.2, 0) is 12.7 Å². The number of Topliss-reactive ketones (excluding diaryl/α,β-unsaturated/α-hetero) is 1. The van der Waals surface area contributed by atoms with Crippen LogP contribution in [0, 0.1) is 6.92 Å². The lowest BCUT2D eigenvalue weighted by Crippen LogP contribution is -2.69. The molecule has 9 heteroatoms. The van der Waals surface area contributed by atoms with E-state index in [1.54, 1.807) is 0 Å². The molecular weight excluding hydrogens is 423 g/mol. The first-order valence-corrected chi connectivity index (χ1v) is 10.2. The van der Waals surface area contributed by atoms with Crippen molar-refractivity contribution >= 4 is 22.7 Å². The maximum Gasteiger partial charge on any atom is 0.416 e. The Kier molecular flexibility index (Phi) is 4.47. The Balaban J connectivity index is 1.23. The van der Waals surface area contributed by atoms with E-state index in [2.05, 4.69) is 10.3 Å². The summed E-state index contributed by atoms with van der Waals surface area (Å²) in [5, 5.41) is 3.90. The van der Waals surface area contributed by atoms with Crippen molar-refractivity contribution in [1.82, 2.24) is 15.2 Å². The van der Waals surface area contributed by atoms with Gasteiger partial charge in [-0.25, -0.2) is 4.79 Å². The van der Waals surface area contributed by atoms with Gasteiger partial charge in [-0.15, -0.1) is 0 Å². The first-order chi connectivity index (χ1) is 15.1. The van der Waals surface area contributed by atoms with Gasteiger partial charge in [0.1, 0.15) is 5.75 Å². The largest absolute Gasteiger partial charge is 0.482 e. The SMILES string of the molecule is Cc1cc2cc(CNC(=O)N3CC4(CC(=O)c5ccc(C(F)(F)F)cc5O4)C3)ccc2[nH]1. The van der Waals surface area contributed by atoms with Crippen LogP contribution in [-0.4, -0.2) is 40.4 Å². The van der Waals surface area contributed by atoms with Crippen LogP contribution in [0.1, 0.15) is 33.6 Å². The molecule has 0 radical (unpaired) electrons. The highest BCUT2D eigenvalue weighted by Gasteiger charge is 2.52. The first-order valence-electron chi connectivity index (χ1n) is 10.2. The highest BCUT2D eigenvalue weighted by atomic mass is 19.4. The Hall–Kier alpha value is -3.49. The van der Waals surface area contributed by atoms with Crippen LogP contribution in [0.2, 0.25) is 0 Å². The van der Waals surface area contributed by atoms with E-state index in [1.807, 2.05) is 31.2 Å². The number of carbonyl (C=O) groups is 2. The van der Waals surface area contributed by atoms with Gasteiger partial charge >= 0.3 is 12.2 Å². The van der Waals surface area contributed by atoms with Crippen molar-refractivity contribution in [2.24, 2.45) is 0 Å². The quantitative estimate of drug-likeness (QED) is 0.616. The molecule has 1 aromatic heterocycles. The molecule has 0 saturated carbocycles. The average molecular weight is 443 g/mol. The number of benzene rings is 2. The van der Waals surface area contributed by atoms with Crippen LogP contribution in [0.4, 0.5) is 18.0 Å². The number of carbonyl (C=O) groups excluding carboxylic acids is 2. The van der Waals surface area contributed by atoms with Crippen molar-refractivity contribution < 1.29 is 27.5 Å². The second kappa shape index (κ2) is 7.01. The number of halogens is 3. The predicted molar refractivity (Wildman–Crippen MR) is 111 cm³/mol. The molecule has 3 heterocycles. The number of urea groups is 1. The lowest BCUT2D eigenvalue weighted by atomic mass is 9.83. The van der Waals surface area contributed by atoms with Crippen LogP contribution in [0.3, 0.4) is 0 Å². The summed E-state index contributed by atoms with van der Waals surface area (Å²) in [6.45, 7) is 2.58. The molecule has 1 spiro atoms. The van der Waals surface area contributed by atoms with E-state index in [9.17, 15) is 22.8 Å². The number of aryl methyl sites for hydroxylation is 1. The van der Waals surface area contributed by atoms with Crippen LogP contribution < -0.4 is 10.1 Å². The molecule has 0 unspecified atom stereocenters. The molecule has 2 N–H and O–H groups in total. The molecule has 32 heavy (non-hydrogen) atoms. The number of rotatable bonds is 2. The van der Waals surface area contributed by atoms with E-state index in [1.165, 1.54) is 4.90 Å². The zero-order valence-corrected chi connectivity index (χ0v) is 17.2. The second-order valence-corrected chi connectivity index (χ2v) is 8.48. The molecule has 1 saturated heterocycles. The fourth-order valence-corrected chi connectivity index (χ4v) is 4.37. The van der Waals surface area contributed by atoms with Gasteiger partial charge in [0.15, 0.2) is 11.4 Å². The molecular formula is C23H20F3N3O3. The number of hydrogen-bond acceptors (Lipinski definition) is 3. The molecule has 0 aliphatic carbocycles. The van der Waals surface area contributed by atoms with Gasteiger partial charge < -0.3 is 19.9 Å². The number of H-pyrrole nitrogens is 1. The van der Waals surface area contributed by atoms with Crippen molar-refractivity contribution in [2.45, 2.75) is 31.7 Å². The zero-order chi connectivity index (χ0) is 22.7. The summed E-state index contributed by atoms with van der Waals surface area (Å²) in [7, 11) is 0. The van der Waals surface area contributed by atoms with E-state index in [4.69, 9.17) is 4.74 Å². The average Bonchev–Trinajstić information content (AvgIpc) is 3.08. The lowest BCUT2D eigenvalue weighted by Gasteiger charge is -2.50. The maximum atomic E-state index is 13.0. The Labute approximate surface area is 181 Å². The summed E-state index contributed by atoms with van der Waals surface area (Å²) < 4.78 is 44.9. The number of aromatic nitrogens is 1. The lowest BCUT2D eigenvalue weighted by molar-refractivity contribution is -0.138. The molecule has 2 aliphatic heterocycles. The Morgan fingerprint density at radius 1 is 1.19 bits per heavy atom. The van der Waals surface area contributed by atoms with E-state index in [0.29, 0.717) is 6.54 Å². The minimum atomic E-state index is -4.53. The number of alkyl halides is 3. The molecule has 2 amide bonds. The summed E-state index contributed by atoms with van der Waals surface area (Å²) in [6.07, 6.45) is -4.50. The number of likely N-dealkylation sites (tertiary alicyclic amines) is 1. The summed E-state index contributed by atoms with van der Waals surface area (Å²) in [5.74, 6) is -0.360. The number of nitrogens with zero attached hydrogens (tertiary/aromatic N) is 1. The van der Waals surface area contributed by atoms with Crippen molar-refractivity contribution in [1.29, 1.82) is 0 Å². The normalized spacial score (nSPS) is 17.1. The summed E-state index contributed by atoms with van der Waals surface area (Å²) in [5.41, 5.74) is 1.31. The van der Waals surface area contributed by atoms with Gasteiger partial charge in [0, 0.05) is 17.8 Å². The monoisotopic (exact) mass is 443 g/mol. The number of ether oxygens (including phenoxy) is 1. The van der Waals surface area contributed by atoms with Crippen LogP contribution in [0.15, 0.2) is 42.5 Å². The first kappa shape index (κ1) is 20.4. The molecule has 2 aliphatic rings. The Morgan fingerprint density at radius 3 is 2.72 bits per heavy atom. The van der Waals surface area contributed by atoms with Crippen LogP contribution >= 0.6 is 0 Å².